The van der Waals surface area contributed by atoms with Crippen LogP contribution in [0.1, 0.15) is 12.0 Å². The van der Waals surface area contributed by atoms with Crippen LogP contribution in [-0.4, -0.2) is 23.0 Å². The van der Waals surface area contributed by atoms with Crippen LogP contribution in [0, 0.1) is 5.92 Å². The maximum atomic E-state index is 11.7. The van der Waals surface area contributed by atoms with Crippen LogP contribution >= 0.6 is 11.6 Å². The molecule has 2 rings (SSSR count). The molecule has 0 radical (unpaired) electrons. The molecule has 2 atom stereocenters. The van der Waals surface area contributed by atoms with Crippen LogP contribution in [0.5, 0.6) is 0 Å². The van der Waals surface area contributed by atoms with E-state index in [2.05, 4.69) is 5.32 Å². The number of aliphatic carboxylic acids is 1. The maximum absolute atomic E-state index is 11.7. The monoisotopic (exact) mass is 291 g/mol. The Morgan fingerprint density at radius 1 is 1.25 bits per heavy atom. The van der Waals surface area contributed by atoms with Gasteiger partial charge in [-0.25, -0.2) is 0 Å². The molecule has 0 spiro atoms. The largest absolute Gasteiger partial charge is 0.481 e. The normalized spacial score (nSPS) is 21.2. The molecule has 20 heavy (non-hydrogen) atoms. The average molecular weight is 292 g/mol. The van der Waals surface area contributed by atoms with E-state index in [9.17, 15) is 9.59 Å². The Labute approximate surface area is 121 Å². The summed E-state index contributed by atoms with van der Waals surface area (Å²) in [5, 5.41) is 12.2. The zero-order valence-corrected chi connectivity index (χ0v) is 11.4. The summed E-state index contributed by atoms with van der Waals surface area (Å²) in [6.45, 7) is 0. The highest BCUT2D eigenvalue weighted by Crippen LogP contribution is 2.18. The van der Waals surface area contributed by atoms with Crippen molar-refractivity contribution >= 4 is 29.6 Å². The zero-order valence-electron chi connectivity index (χ0n) is 10.6. The fraction of sp³-hybridized carbons (Fsp3) is 0.200. The van der Waals surface area contributed by atoms with E-state index in [1.807, 2.05) is 12.1 Å². The summed E-state index contributed by atoms with van der Waals surface area (Å²) in [5.41, 5.74) is 0.870. The Morgan fingerprint density at radius 3 is 2.55 bits per heavy atom. The number of carbonyl (C=O) groups excluding carboxylic acids is 1. The van der Waals surface area contributed by atoms with Gasteiger partial charge in [-0.05, 0) is 30.2 Å². The van der Waals surface area contributed by atoms with E-state index >= 15 is 0 Å². The fourth-order valence-corrected chi connectivity index (χ4v) is 2.09. The highest BCUT2D eigenvalue weighted by Gasteiger charge is 2.24. The highest BCUT2D eigenvalue weighted by molar-refractivity contribution is 6.30. The molecule has 0 aromatic heterocycles. The lowest BCUT2D eigenvalue weighted by Crippen LogP contribution is -2.31. The number of carboxylic acid groups (broad SMARTS) is 1. The predicted molar refractivity (Wildman–Crippen MR) is 77.3 cm³/mol. The number of halogens is 1. The number of nitrogens with one attached hydrogen (secondary N) is 1. The lowest BCUT2D eigenvalue weighted by molar-refractivity contribution is -0.140. The van der Waals surface area contributed by atoms with Gasteiger partial charge in [0.1, 0.15) is 0 Å². The highest BCUT2D eigenvalue weighted by atomic mass is 35.5. The lowest BCUT2D eigenvalue weighted by Gasteiger charge is -2.10. The van der Waals surface area contributed by atoms with Crippen LogP contribution in [0.25, 0.3) is 6.08 Å². The van der Waals surface area contributed by atoms with E-state index in [1.54, 1.807) is 30.4 Å². The van der Waals surface area contributed by atoms with E-state index in [4.69, 9.17) is 16.7 Å². The molecule has 0 heterocycles. The summed E-state index contributed by atoms with van der Waals surface area (Å²) in [6.07, 6.45) is 6.82. The van der Waals surface area contributed by atoms with Gasteiger partial charge in [0.25, 0.3) is 0 Å². The lowest BCUT2D eigenvalue weighted by atomic mass is 10.1. The second kappa shape index (κ2) is 6.39. The van der Waals surface area contributed by atoms with Crippen molar-refractivity contribution in [1.82, 2.24) is 5.32 Å². The minimum absolute atomic E-state index is 0.224. The summed E-state index contributed by atoms with van der Waals surface area (Å²) in [6, 6.07) is 6.88. The Bertz CT molecular complexity index is 563. The van der Waals surface area contributed by atoms with Crippen LogP contribution in [0.3, 0.4) is 0 Å². The van der Waals surface area contributed by atoms with Gasteiger partial charge < -0.3 is 10.4 Å². The number of amides is 1. The first-order chi connectivity index (χ1) is 9.54. The number of carboxylic acids is 1. The summed E-state index contributed by atoms with van der Waals surface area (Å²) >= 11 is 5.77. The first-order valence-corrected chi connectivity index (χ1v) is 6.57. The topological polar surface area (TPSA) is 66.4 Å². The first-order valence-electron chi connectivity index (χ1n) is 6.20. The van der Waals surface area contributed by atoms with Gasteiger partial charge >= 0.3 is 5.97 Å². The van der Waals surface area contributed by atoms with Gasteiger partial charge in [0.05, 0.1) is 5.92 Å². The molecule has 4 nitrogen and oxygen atoms in total. The van der Waals surface area contributed by atoms with Gasteiger partial charge in [0.15, 0.2) is 0 Å². The molecule has 5 heteroatoms. The van der Waals surface area contributed by atoms with Crippen molar-refractivity contribution in [2.75, 3.05) is 0 Å². The number of benzene rings is 1. The molecule has 0 bridgehead atoms. The number of carbonyl (C=O) groups is 2. The Kier molecular flexibility index (Phi) is 4.58. The van der Waals surface area contributed by atoms with Crippen LogP contribution < -0.4 is 5.32 Å². The second-order valence-electron chi connectivity index (χ2n) is 4.57. The van der Waals surface area contributed by atoms with Gasteiger partial charge in [-0.3, -0.25) is 9.59 Å². The van der Waals surface area contributed by atoms with Crippen molar-refractivity contribution in [2.24, 2.45) is 5.92 Å². The number of rotatable bonds is 4. The molecule has 1 aliphatic rings. The van der Waals surface area contributed by atoms with Gasteiger partial charge in [-0.2, -0.15) is 0 Å². The van der Waals surface area contributed by atoms with Crippen LogP contribution in [0.4, 0.5) is 0 Å². The van der Waals surface area contributed by atoms with E-state index < -0.39 is 11.9 Å². The number of hydrogen-bond donors (Lipinski definition) is 2. The van der Waals surface area contributed by atoms with Gasteiger partial charge in [0, 0.05) is 17.1 Å². The molecule has 0 saturated heterocycles. The molecule has 2 unspecified atom stereocenters. The Balaban J connectivity index is 1.86. The van der Waals surface area contributed by atoms with Crippen LogP contribution in [0.15, 0.2) is 42.5 Å². The van der Waals surface area contributed by atoms with E-state index in [-0.39, 0.29) is 11.9 Å². The van der Waals surface area contributed by atoms with Crippen molar-refractivity contribution in [2.45, 2.75) is 12.5 Å². The third kappa shape index (κ3) is 3.96. The minimum atomic E-state index is -0.866. The third-order valence-corrected chi connectivity index (χ3v) is 3.28. The van der Waals surface area contributed by atoms with E-state index in [1.165, 1.54) is 6.08 Å². The summed E-state index contributed by atoms with van der Waals surface area (Å²) < 4.78 is 0. The summed E-state index contributed by atoms with van der Waals surface area (Å²) in [7, 11) is 0. The zero-order chi connectivity index (χ0) is 14.5. The fourth-order valence-electron chi connectivity index (χ4n) is 1.97. The molecule has 1 aromatic rings. The van der Waals surface area contributed by atoms with Crippen molar-refractivity contribution < 1.29 is 14.7 Å². The molecule has 1 aromatic carbocycles. The molecule has 1 aliphatic carbocycles. The molecular weight excluding hydrogens is 278 g/mol. The van der Waals surface area contributed by atoms with Gasteiger partial charge in [-0.15, -0.1) is 0 Å². The second-order valence-corrected chi connectivity index (χ2v) is 5.00. The van der Waals surface area contributed by atoms with Crippen LogP contribution in [0.2, 0.25) is 5.02 Å². The average Bonchev–Trinajstić information content (AvgIpc) is 2.87. The van der Waals surface area contributed by atoms with Gasteiger partial charge in [0.2, 0.25) is 5.91 Å². The van der Waals surface area contributed by atoms with E-state index in [0.717, 1.165) is 5.56 Å². The molecule has 0 fully saturated rings. The molecule has 104 valence electrons. The standard InChI is InChI=1S/C15H14ClNO3/c16-12-5-1-10(2-6-12)3-8-14(18)17-13-7-4-11(9-13)15(19)20/h1-8,11,13H,9H2,(H,17,18)(H,19,20). The predicted octanol–water partition coefficient (Wildman–Crippen LogP) is 2.50. The maximum Gasteiger partial charge on any atom is 0.310 e. The third-order valence-electron chi connectivity index (χ3n) is 3.03. The van der Waals surface area contributed by atoms with Gasteiger partial charge in [-0.1, -0.05) is 35.9 Å². The van der Waals surface area contributed by atoms with Crippen molar-refractivity contribution in [3.8, 4) is 0 Å². The first kappa shape index (κ1) is 14.3. The van der Waals surface area contributed by atoms with Crippen LogP contribution in [-0.2, 0) is 9.59 Å². The molecule has 1 amide bonds. The SMILES string of the molecule is O=C(C=Cc1ccc(Cl)cc1)NC1C=CC(C(=O)O)C1. The molecule has 0 aliphatic heterocycles. The van der Waals surface area contributed by atoms with E-state index in [0.29, 0.717) is 11.4 Å². The Morgan fingerprint density at radius 2 is 1.95 bits per heavy atom. The molecule has 2 N–H and O–H groups in total. The van der Waals surface area contributed by atoms with Crippen molar-refractivity contribution in [3.63, 3.8) is 0 Å². The van der Waals surface area contributed by atoms with Crippen molar-refractivity contribution in [3.05, 3.63) is 53.1 Å². The summed E-state index contributed by atoms with van der Waals surface area (Å²) in [5.74, 6) is -1.63. The molecule has 0 saturated carbocycles. The smallest absolute Gasteiger partial charge is 0.310 e. The minimum Gasteiger partial charge on any atom is -0.481 e. The Hall–Kier alpha value is -2.07. The summed E-state index contributed by atoms with van der Waals surface area (Å²) in [4.78, 5) is 22.5. The van der Waals surface area contributed by atoms with Crippen molar-refractivity contribution in [1.29, 1.82) is 0 Å². The molecular formula is C15H14ClNO3. The quantitative estimate of drug-likeness (QED) is 0.661. The number of hydrogen-bond acceptors (Lipinski definition) is 2.